The minimum Gasteiger partial charge on any atom is -0.494 e. The molecule has 9 heteroatoms. The third-order valence-electron chi connectivity index (χ3n) is 2.86. The Morgan fingerprint density at radius 2 is 1.71 bits per heavy atom. The van der Waals surface area contributed by atoms with E-state index in [0.29, 0.717) is 17.1 Å². The molecular formula is C15H14Cl3N3O2S. The highest BCUT2D eigenvalue weighted by molar-refractivity contribution is 7.80. The molecule has 0 aromatic heterocycles. The van der Waals surface area contributed by atoms with Crippen LogP contribution < -0.4 is 21.1 Å². The van der Waals surface area contributed by atoms with Crippen LogP contribution in [0.2, 0.25) is 10.0 Å². The molecule has 0 aliphatic carbocycles. The van der Waals surface area contributed by atoms with E-state index in [4.69, 9.17) is 45.9 Å². The molecule has 0 saturated heterocycles. The zero-order chi connectivity index (χ0) is 17.0. The predicted molar refractivity (Wildman–Crippen MR) is 105 cm³/mol. The zero-order valence-corrected chi connectivity index (χ0v) is 15.6. The van der Waals surface area contributed by atoms with Gasteiger partial charge < -0.3 is 15.8 Å². The number of rotatable bonds is 3. The highest BCUT2D eigenvalue weighted by atomic mass is 35.5. The van der Waals surface area contributed by atoms with Crippen molar-refractivity contribution >= 4 is 70.2 Å². The van der Waals surface area contributed by atoms with E-state index in [0.717, 1.165) is 0 Å². The van der Waals surface area contributed by atoms with Crippen molar-refractivity contribution < 1.29 is 9.53 Å². The van der Waals surface area contributed by atoms with Gasteiger partial charge in [-0.1, -0.05) is 23.2 Å². The Labute approximate surface area is 160 Å². The number of hydrogen-bond acceptors (Lipinski definition) is 4. The molecule has 2 rings (SSSR count). The number of ether oxygens (including phenoxy) is 1. The Morgan fingerprint density at radius 1 is 1.17 bits per heavy atom. The number of nitrogens with one attached hydrogen (secondary N) is 2. The highest BCUT2D eigenvalue weighted by Crippen LogP contribution is 2.33. The van der Waals surface area contributed by atoms with Gasteiger partial charge in [0.15, 0.2) is 10.9 Å². The molecule has 0 atom stereocenters. The molecule has 4 N–H and O–H groups in total. The van der Waals surface area contributed by atoms with Gasteiger partial charge >= 0.3 is 0 Å². The lowest BCUT2D eigenvalue weighted by Crippen LogP contribution is -2.34. The van der Waals surface area contributed by atoms with Crippen LogP contribution in [0.25, 0.3) is 0 Å². The first-order valence-electron chi connectivity index (χ1n) is 6.41. The number of amides is 1. The van der Waals surface area contributed by atoms with Gasteiger partial charge in [-0.15, -0.1) is 12.4 Å². The summed E-state index contributed by atoms with van der Waals surface area (Å²) in [5.74, 6) is -0.128. The second-order valence-corrected chi connectivity index (χ2v) is 5.73. The predicted octanol–water partition coefficient (Wildman–Crippen LogP) is 4.13. The minimum atomic E-state index is -0.440. The van der Waals surface area contributed by atoms with Crippen molar-refractivity contribution in [2.75, 3.05) is 18.2 Å². The number of carbonyl (C=O) groups excluding carboxylic acids is 1. The van der Waals surface area contributed by atoms with Gasteiger partial charge in [-0.2, -0.15) is 0 Å². The number of halogens is 3. The molecule has 5 nitrogen and oxygen atoms in total. The maximum absolute atomic E-state index is 12.2. The largest absolute Gasteiger partial charge is 0.494 e. The van der Waals surface area contributed by atoms with Crippen LogP contribution >= 0.6 is 47.8 Å². The fourth-order valence-corrected chi connectivity index (χ4v) is 2.64. The molecule has 0 saturated carbocycles. The SMILES string of the molecule is COc1c(Cl)cc(C(=O)NC(=S)Nc2ccc(N)cc2)cc1Cl.Cl. The van der Waals surface area contributed by atoms with Gasteiger partial charge in [0, 0.05) is 16.9 Å². The maximum atomic E-state index is 12.2. The Bertz CT molecular complexity index is 731. The summed E-state index contributed by atoms with van der Waals surface area (Å²) in [6.45, 7) is 0. The van der Waals surface area contributed by atoms with Gasteiger partial charge in [0.25, 0.3) is 5.91 Å². The lowest BCUT2D eigenvalue weighted by Gasteiger charge is -2.11. The van der Waals surface area contributed by atoms with E-state index in [2.05, 4.69) is 10.6 Å². The number of methoxy groups -OCH3 is 1. The Morgan fingerprint density at radius 3 is 2.21 bits per heavy atom. The van der Waals surface area contributed by atoms with Gasteiger partial charge in [0.2, 0.25) is 0 Å². The van der Waals surface area contributed by atoms with Crippen molar-refractivity contribution in [2.24, 2.45) is 0 Å². The van der Waals surface area contributed by atoms with Gasteiger partial charge in [0.05, 0.1) is 17.2 Å². The van der Waals surface area contributed by atoms with Gasteiger partial charge in [-0.05, 0) is 48.6 Å². The molecule has 0 spiro atoms. The molecular weight excluding hydrogens is 393 g/mol. The summed E-state index contributed by atoms with van der Waals surface area (Å²) < 4.78 is 5.04. The zero-order valence-electron chi connectivity index (χ0n) is 12.4. The van der Waals surface area contributed by atoms with E-state index >= 15 is 0 Å². The first-order valence-corrected chi connectivity index (χ1v) is 7.58. The van der Waals surface area contributed by atoms with Crippen LogP contribution in [0.1, 0.15) is 10.4 Å². The van der Waals surface area contributed by atoms with Gasteiger partial charge in [-0.3, -0.25) is 10.1 Å². The molecule has 0 bridgehead atoms. The second-order valence-electron chi connectivity index (χ2n) is 4.50. The first kappa shape index (κ1) is 20.3. The summed E-state index contributed by atoms with van der Waals surface area (Å²) in [6.07, 6.45) is 0. The van der Waals surface area contributed by atoms with Crippen molar-refractivity contribution in [1.29, 1.82) is 0 Å². The second kappa shape index (κ2) is 8.94. The van der Waals surface area contributed by atoms with E-state index in [9.17, 15) is 4.79 Å². The highest BCUT2D eigenvalue weighted by Gasteiger charge is 2.14. The molecule has 1 amide bonds. The smallest absolute Gasteiger partial charge is 0.257 e. The van der Waals surface area contributed by atoms with Crippen LogP contribution in [0.3, 0.4) is 0 Å². The standard InChI is InChI=1S/C15H13Cl2N3O2S.ClH/c1-22-13-11(16)6-8(7-12(13)17)14(21)20-15(23)19-10-4-2-9(18)3-5-10;/h2-7H,18H2,1H3,(H2,19,20,21,23);1H. The maximum Gasteiger partial charge on any atom is 0.257 e. The van der Waals surface area contributed by atoms with E-state index in [1.165, 1.54) is 19.2 Å². The summed E-state index contributed by atoms with van der Waals surface area (Å²) in [5.41, 5.74) is 7.20. The van der Waals surface area contributed by atoms with Crippen molar-refractivity contribution in [3.8, 4) is 5.75 Å². The van der Waals surface area contributed by atoms with Crippen molar-refractivity contribution in [2.45, 2.75) is 0 Å². The molecule has 0 heterocycles. The van der Waals surface area contributed by atoms with E-state index in [1.807, 2.05) is 0 Å². The Kier molecular flexibility index (Phi) is 7.57. The molecule has 2 aromatic rings. The van der Waals surface area contributed by atoms with Crippen LogP contribution in [-0.4, -0.2) is 18.1 Å². The molecule has 2 aromatic carbocycles. The number of benzene rings is 2. The van der Waals surface area contributed by atoms with E-state index < -0.39 is 5.91 Å². The molecule has 0 unspecified atom stereocenters. The lowest BCUT2D eigenvalue weighted by atomic mass is 10.2. The topological polar surface area (TPSA) is 76.4 Å². The van der Waals surface area contributed by atoms with Crippen LogP contribution in [0.4, 0.5) is 11.4 Å². The number of anilines is 2. The first-order chi connectivity index (χ1) is 10.9. The normalized spacial score (nSPS) is 9.62. The van der Waals surface area contributed by atoms with Crippen LogP contribution in [-0.2, 0) is 0 Å². The van der Waals surface area contributed by atoms with Crippen LogP contribution in [0.5, 0.6) is 5.75 Å². The number of carbonyl (C=O) groups is 1. The molecule has 0 aliphatic rings. The van der Waals surface area contributed by atoms with E-state index in [-0.39, 0.29) is 33.1 Å². The average Bonchev–Trinajstić information content (AvgIpc) is 2.49. The number of nitrogen functional groups attached to an aromatic ring is 1. The number of hydrogen-bond donors (Lipinski definition) is 3. The molecule has 0 aliphatic heterocycles. The molecule has 128 valence electrons. The van der Waals surface area contributed by atoms with Gasteiger partial charge in [0.1, 0.15) is 0 Å². The Hall–Kier alpha value is -1.73. The fourth-order valence-electron chi connectivity index (χ4n) is 1.79. The lowest BCUT2D eigenvalue weighted by molar-refractivity contribution is 0.0977. The summed E-state index contributed by atoms with van der Waals surface area (Å²) in [5, 5.41) is 6.04. The van der Waals surface area contributed by atoms with Gasteiger partial charge in [-0.25, -0.2) is 0 Å². The van der Waals surface area contributed by atoms with E-state index in [1.54, 1.807) is 24.3 Å². The average molecular weight is 407 g/mol. The van der Waals surface area contributed by atoms with Crippen LogP contribution in [0.15, 0.2) is 36.4 Å². The fraction of sp³-hybridized carbons (Fsp3) is 0.0667. The third kappa shape index (κ3) is 5.14. The van der Waals surface area contributed by atoms with Crippen LogP contribution in [0, 0.1) is 0 Å². The molecule has 24 heavy (non-hydrogen) atoms. The Balaban J connectivity index is 0.00000288. The minimum absolute atomic E-state index is 0. The summed E-state index contributed by atoms with van der Waals surface area (Å²) in [4.78, 5) is 12.2. The van der Waals surface area contributed by atoms with Crippen molar-refractivity contribution in [3.63, 3.8) is 0 Å². The summed E-state index contributed by atoms with van der Waals surface area (Å²) in [7, 11) is 1.44. The summed E-state index contributed by atoms with van der Waals surface area (Å²) >= 11 is 17.1. The molecule has 0 radical (unpaired) electrons. The quantitative estimate of drug-likeness (QED) is 0.528. The number of nitrogens with two attached hydrogens (primary N) is 1. The van der Waals surface area contributed by atoms with Crippen molar-refractivity contribution in [3.05, 3.63) is 52.0 Å². The number of thiocarbonyl (C=S) groups is 1. The molecule has 0 fully saturated rings. The van der Waals surface area contributed by atoms with Crippen molar-refractivity contribution in [1.82, 2.24) is 5.32 Å². The third-order valence-corrected chi connectivity index (χ3v) is 3.63. The summed E-state index contributed by atoms with van der Waals surface area (Å²) in [6, 6.07) is 9.83. The monoisotopic (exact) mass is 405 g/mol.